The van der Waals surface area contributed by atoms with Crippen molar-refractivity contribution in [1.29, 1.82) is 0 Å². The van der Waals surface area contributed by atoms with E-state index in [9.17, 15) is 0 Å². The predicted octanol–water partition coefficient (Wildman–Crippen LogP) is 3.31. The van der Waals surface area contributed by atoms with Gasteiger partial charge in [-0.05, 0) is 44.4 Å². The zero-order valence-corrected chi connectivity index (χ0v) is 12.5. The quantitative estimate of drug-likeness (QED) is 0.874. The maximum absolute atomic E-state index is 4.81. The van der Waals surface area contributed by atoms with E-state index in [-0.39, 0.29) is 0 Å². The van der Waals surface area contributed by atoms with Gasteiger partial charge in [0, 0.05) is 41.5 Å². The Morgan fingerprint density at radius 3 is 3.05 bits per heavy atom. The highest BCUT2D eigenvalue weighted by molar-refractivity contribution is 5.53. The molecule has 0 spiro atoms. The van der Waals surface area contributed by atoms with Crippen LogP contribution < -0.4 is 5.32 Å². The average molecular weight is 282 g/mol. The Morgan fingerprint density at radius 2 is 2.24 bits per heavy atom. The topological polar surface area (TPSA) is 50.7 Å². The van der Waals surface area contributed by atoms with Crippen molar-refractivity contribution in [2.45, 2.75) is 45.1 Å². The third kappa shape index (κ3) is 3.27. The molecule has 1 unspecified atom stereocenters. The van der Waals surface area contributed by atoms with E-state index in [1.807, 2.05) is 24.5 Å². The first-order chi connectivity index (χ1) is 10.4. The number of hydrogen-bond acceptors (Lipinski definition) is 4. The molecule has 0 saturated carbocycles. The summed E-state index contributed by atoms with van der Waals surface area (Å²) in [5.74, 6) is 0.790. The van der Waals surface area contributed by atoms with Crippen molar-refractivity contribution >= 4 is 0 Å². The Labute approximate surface area is 126 Å². The summed E-state index contributed by atoms with van der Waals surface area (Å²) in [5.41, 5.74) is 3.48. The number of rotatable bonds is 4. The second-order valence-electron chi connectivity index (χ2n) is 5.59. The van der Waals surface area contributed by atoms with E-state index < -0.39 is 0 Å². The molecule has 21 heavy (non-hydrogen) atoms. The molecule has 0 bridgehead atoms. The summed E-state index contributed by atoms with van der Waals surface area (Å²) in [4.78, 5) is 13.5. The van der Waals surface area contributed by atoms with Crippen LogP contribution in [0.15, 0.2) is 30.7 Å². The normalized spacial score (nSPS) is 18.0. The molecule has 0 radical (unpaired) electrons. The molecule has 3 rings (SSSR count). The molecule has 0 amide bonds. The van der Waals surface area contributed by atoms with Crippen LogP contribution in [0.1, 0.15) is 49.9 Å². The van der Waals surface area contributed by atoms with Crippen LogP contribution in [0.2, 0.25) is 0 Å². The number of nitrogens with one attached hydrogen (secondary N) is 1. The first kappa shape index (κ1) is 14.1. The van der Waals surface area contributed by atoms with Gasteiger partial charge in [-0.2, -0.15) is 0 Å². The first-order valence-corrected chi connectivity index (χ1v) is 7.88. The smallest absolute Gasteiger partial charge is 0.160 e. The van der Waals surface area contributed by atoms with Gasteiger partial charge < -0.3 is 5.32 Å². The molecule has 2 aromatic heterocycles. The summed E-state index contributed by atoms with van der Waals surface area (Å²) in [6, 6.07) is 4.35. The molecular formula is C17H22N4. The standard InChI is InChI=1S/C17H22N4/c1-2-9-19-15-7-3-4-8-16-14(15)12-20-17(21-16)13-6-5-10-18-11-13/h5-6,10-12,15,19H,2-4,7-9H2,1H3. The van der Waals surface area contributed by atoms with Crippen molar-refractivity contribution in [3.63, 3.8) is 0 Å². The molecular weight excluding hydrogens is 260 g/mol. The van der Waals surface area contributed by atoms with Gasteiger partial charge in [0.05, 0.1) is 0 Å². The van der Waals surface area contributed by atoms with E-state index in [0.717, 1.165) is 30.8 Å². The summed E-state index contributed by atoms with van der Waals surface area (Å²) in [6.07, 6.45) is 11.5. The Morgan fingerprint density at radius 1 is 1.29 bits per heavy atom. The Hall–Kier alpha value is -1.81. The number of hydrogen-bond donors (Lipinski definition) is 1. The average Bonchev–Trinajstić information content (AvgIpc) is 2.75. The van der Waals surface area contributed by atoms with E-state index in [4.69, 9.17) is 4.98 Å². The largest absolute Gasteiger partial charge is 0.310 e. The molecule has 1 N–H and O–H groups in total. The maximum Gasteiger partial charge on any atom is 0.160 e. The summed E-state index contributed by atoms with van der Waals surface area (Å²) in [6.45, 7) is 3.25. The van der Waals surface area contributed by atoms with Gasteiger partial charge in [-0.3, -0.25) is 4.98 Å². The summed E-state index contributed by atoms with van der Waals surface area (Å²) in [5, 5.41) is 3.63. The molecule has 0 aromatic carbocycles. The van der Waals surface area contributed by atoms with Crippen LogP contribution in [0.25, 0.3) is 11.4 Å². The molecule has 1 aliphatic rings. The van der Waals surface area contributed by atoms with Crippen molar-refractivity contribution in [2.75, 3.05) is 6.54 Å². The Bertz CT molecular complexity index is 583. The van der Waals surface area contributed by atoms with Gasteiger partial charge in [0.15, 0.2) is 5.82 Å². The number of fused-ring (bicyclic) bond motifs is 1. The number of nitrogens with zero attached hydrogens (tertiary/aromatic N) is 3. The summed E-state index contributed by atoms with van der Waals surface area (Å²) >= 11 is 0. The van der Waals surface area contributed by atoms with Gasteiger partial charge in [-0.25, -0.2) is 9.97 Å². The lowest BCUT2D eigenvalue weighted by molar-refractivity contribution is 0.488. The minimum Gasteiger partial charge on any atom is -0.310 e. The minimum atomic E-state index is 0.408. The molecule has 0 aliphatic heterocycles. The van der Waals surface area contributed by atoms with Gasteiger partial charge >= 0.3 is 0 Å². The molecule has 2 heterocycles. The second kappa shape index (κ2) is 6.76. The van der Waals surface area contributed by atoms with Crippen molar-refractivity contribution in [1.82, 2.24) is 20.3 Å². The van der Waals surface area contributed by atoms with Gasteiger partial charge in [-0.15, -0.1) is 0 Å². The zero-order valence-electron chi connectivity index (χ0n) is 12.5. The Kier molecular flexibility index (Phi) is 4.55. The fourth-order valence-corrected chi connectivity index (χ4v) is 2.88. The van der Waals surface area contributed by atoms with Gasteiger partial charge in [0.1, 0.15) is 0 Å². The zero-order chi connectivity index (χ0) is 14.5. The molecule has 4 heteroatoms. The van der Waals surface area contributed by atoms with E-state index in [1.54, 1.807) is 6.20 Å². The van der Waals surface area contributed by atoms with Crippen molar-refractivity contribution < 1.29 is 0 Å². The highest BCUT2D eigenvalue weighted by atomic mass is 14.9. The lowest BCUT2D eigenvalue weighted by Crippen LogP contribution is -2.23. The molecule has 0 saturated heterocycles. The maximum atomic E-state index is 4.81. The van der Waals surface area contributed by atoms with E-state index >= 15 is 0 Å². The van der Waals surface area contributed by atoms with Crippen molar-refractivity contribution in [3.8, 4) is 11.4 Å². The van der Waals surface area contributed by atoms with Gasteiger partial charge in [0.2, 0.25) is 0 Å². The fraction of sp³-hybridized carbons (Fsp3) is 0.471. The van der Waals surface area contributed by atoms with Gasteiger partial charge in [0.25, 0.3) is 0 Å². The number of aryl methyl sites for hydroxylation is 1. The molecule has 1 atom stereocenters. The van der Waals surface area contributed by atoms with Crippen LogP contribution in [0.4, 0.5) is 0 Å². The third-order valence-electron chi connectivity index (χ3n) is 3.99. The van der Waals surface area contributed by atoms with Crippen molar-refractivity contribution in [3.05, 3.63) is 42.0 Å². The molecule has 4 nitrogen and oxygen atoms in total. The highest BCUT2D eigenvalue weighted by Crippen LogP contribution is 2.28. The number of pyridine rings is 1. The monoisotopic (exact) mass is 282 g/mol. The second-order valence-corrected chi connectivity index (χ2v) is 5.59. The molecule has 0 fully saturated rings. The minimum absolute atomic E-state index is 0.408. The third-order valence-corrected chi connectivity index (χ3v) is 3.99. The van der Waals surface area contributed by atoms with Crippen LogP contribution in [0.3, 0.4) is 0 Å². The van der Waals surface area contributed by atoms with Crippen LogP contribution in [-0.4, -0.2) is 21.5 Å². The first-order valence-electron chi connectivity index (χ1n) is 7.88. The van der Waals surface area contributed by atoms with E-state index in [2.05, 4.69) is 22.2 Å². The predicted molar refractivity (Wildman–Crippen MR) is 83.9 cm³/mol. The van der Waals surface area contributed by atoms with Crippen LogP contribution in [0.5, 0.6) is 0 Å². The molecule has 2 aromatic rings. The van der Waals surface area contributed by atoms with E-state index in [1.165, 1.54) is 30.5 Å². The van der Waals surface area contributed by atoms with Gasteiger partial charge in [-0.1, -0.05) is 13.3 Å². The van der Waals surface area contributed by atoms with Crippen LogP contribution in [0, 0.1) is 0 Å². The SMILES string of the molecule is CCCNC1CCCCc2nc(-c3cccnc3)ncc21. The highest BCUT2D eigenvalue weighted by Gasteiger charge is 2.20. The van der Waals surface area contributed by atoms with Crippen LogP contribution in [-0.2, 0) is 6.42 Å². The fourth-order valence-electron chi connectivity index (χ4n) is 2.88. The lowest BCUT2D eigenvalue weighted by atomic mass is 10.0. The van der Waals surface area contributed by atoms with E-state index in [0.29, 0.717) is 6.04 Å². The summed E-state index contributed by atoms with van der Waals surface area (Å²) < 4.78 is 0. The van der Waals surface area contributed by atoms with Crippen LogP contribution >= 0.6 is 0 Å². The van der Waals surface area contributed by atoms with Crippen molar-refractivity contribution in [2.24, 2.45) is 0 Å². The lowest BCUT2D eigenvalue weighted by Gasteiger charge is -2.18. The Balaban J connectivity index is 1.92. The summed E-state index contributed by atoms with van der Waals surface area (Å²) in [7, 11) is 0. The molecule has 110 valence electrons. The number of aromatic nitrogens is 3. The molecule has 1 aliphatic carbocycles.